The van der Waals surface area contributed by atoms with Gasteiger partial charge in [0.15, 0.2) is 0 Å². The summed E-state index contributed by atoms with van der Waals surface area (Å²) in [6.45, 7) is 3.64. The molecule has 25 heavy (non-hydrogen) atoms. The fourth-order valence-corrected chi connectivity index (χ4v) is 3.34. The maximum atomic E-state index is 13.2. The fraction of sp³-hybridized carbons (Fsp3) is 0.176. The molecular formula is C17H14FN3O3S. The lowest BCUT2D eigenvalue weighted by Gasteiger charge is -2.00. The highest BCUT2D eigenvalue weighted by molar-refractivity contribution is 7.20. The first-order chi connectivity index (χ1) is 12.0. The first-order valence-electron chi connectivity index (χ1n) is 7.49. The molecule has 0 unspecified atom stereocenters. The van der Waals surface area contributed by atoms with Gasteiger partial charge >= 0.3 is 5.97 Å². The first-order valence-corrected chi connectivity index (χ1v) is 8.30. The smallest absolute Gasteiger partial charge is 0.348 e. The molecular weight excluding hydrogens is 345 g/mol. The number of rotatable bonds is 4. The van der Waals surface area contributed by atoms with E-state index < -0.39 is 17.3 Å². The van der Waals surface area contributed by atoms with Crippen molar-refractivity contribution in [3.8, 4) is 0 Å². The van der Waals surface area contributed by atoms with Gasteiger partial charge in [-0.1, -0.05) is 12.1 Å². The molecule has 0 aliphatic carbocycles. The first kappa shape index (κ1) is 17.0. The highest BCUT2D eigenvalue weighted by Crippen LogP contribution is 2.27. The number of esters is 1. The van der Waals surface area contributed by atoms with Gasteiger partial charge in [-0.2, -0.15) is 9.78 Å². The Morgan fingerprint density at radius 2 is 2.28 bits per heavy atom. The van der Waals surface area contributed by atoms with Gasteiger partial charge in [0.25, 0.3) is 5.56 Å². The molecule has 0 N–H and O–H groups in total. The third-order valence-corrected chi connectivity index (χ3v) is 4.66. The van der Waals surface area contributed by atoms with Gasteiger partial charge in [-0.05, 0) is 37.1 Å². The molecule has 0 amide bonds. The van der Waals surface area contributed by atoms with E-state index >= 15 is 0 Å². The molecule has 0 saturated heterocycles. The van der Waals surface area contributed by atoms with Crippen LogP contribution in [0.5, 0.6) is 0 Å². The minimum absolute atomic E-state index is 0.252. The number of hydrogen-bond acceptors (Lipinski definition) is 6. The second kappa shape index (κ2) is 6.94. The number of benzene rings is 1. The second-order valence-corrected chi connectivity index (χ2v) is 6.15. The Bertz CT molecular complexity index is 1040. The Kier molecular flexibility index (Phi) is 4.71. The van der Waals surface area contributed by atoms with E-state index in [0.29, 0.717) is 26.2 Å². The Morgan fingerprint density at radius 3 is 3.00 bits per heavy atom. The molecule has 6 nitrogen and oxygen atoms in total. The van der Waals surface area contributed by atoms with Crippen LogP contribution in [0.2, 0.25) is 0 Å². The van der Waals surface area contributed by atoms with Gasteiger partial charge in [0.05, 0.1) is 18.2 Å². The van der Waals surface area contributed by atoms with Crippen LogP contribution in [-0.4, -0.2) is 28.5 Å². The summed E-state index contributed by atoms with van der Waals surface area (Å²) in [5.74, 6) is -0.866. The monoisotopic (exact) mass is 359 g/mol. The fourth-order valence-electron chi connectivity index (χ4n) is 2.30. The molecule has 0 aliphatic heterocycles. The molecule has 0 bridgehead atoms. The number of aromatic nitrogens is 2. The molecule has 8 heteroatoms. The van der Waals surface area contributed by atoms with Crippen molar-refractivity contribution in [3.63, 3.8) is 0 Å². The van der Waals surface area contributed by atoms with Gasteiger partial charge in [0.2, 0.25) is 0 Å². The predicted molar refractivity (Wildman–Crippen MR) is 94.0 cm³/mol. The summed E-state index contributed by atoms with van der Waals surface area (Å²) in [5, 5.41) is 4.36. The van der Waals surface area contributed by atoms with Crippen LogP contribution in [0.1, 0.15) is 27.7 Å². The molecule has 1 aromatic carbocycles. The summed E-state index contributed by atoms with van der Waals surface area (Å²) >= 11 is 1.11. The van der Waals surface area contributed by atoms with Crippen LogP contribution in [-0.2, 0) is 4.74 Å². The third kappa shape index (κ3) is 3.34. The molecule has 0 atom stereocenters. The predicted octanol–water partition coefficient (Wildman–Crippen LogP) is 2.96. The van der Waals surface area contributed by atoms with Gasteiger partial charge in [-0.15, -0.1) is 11.3 Å². The van der Waals surface area contributed by atoms with Crippen LogP contribution in [0.25, 0.3) is 10.2 Å². The SMILES string of the molecule is CCOC(=O)c1sc2ncn(N=Cc3cccc(F)c3)c(=O)c2c1C. The van der Waals surface area contributed by atoms with Crippen molar-refractivity contribution >= 4 is 33.7 Å². The Balaban J connectivity index is 2.04. The van der Waals surface area contributed by atoms with E-state index in [0.717, 1.165) is 16.0 Å². The van der Waals surface area contributed by atoms with E-state index in [4.69, 9.17) is 4.74 Å². The molecule has 0 saturated carbocycles. The van der Waals surface area contributed by atoms with Crippen LogP contribution in [0.15, 0.2) is 40.5 Å². The number of nitrogens with zero attached hydrogens (tertiary/aromatic N) is 3. The van der Waals surface area contributed by atoms with Crippen molar-refractivity contribution in [2.75, 3.05) is 6.61 Å². The van der Waals surface area contributed by atoms with Gasteiger partial charge in [-0.25, -0.2) is 14.2 Å². The van der Waals surface area contributed by atoms with Crippen LogP contribution in [0, 0.1) is 12.7 Å². The minimum atomic E-state index is -0.475. The molecule has 3 rings (SSSR count). The second-order valence-electron chi connectivity index (χ2n) is 5.15. The maximum absolute atomic E-state index is 13.2. The van der Waals surface area contributed by atoms with Gasteiger partial charge < -0.3 is 4.74 Å². The number of fused-ring (bicyclic) bond motifs is 1. The molecule has 0 radical (unpaired) electrons. The van der Waals surface area contributed by atoms with Crippen molar-refractivity contribution in [1.29, 1.82) is 0 Å². The van der Waals surface area contributed by atoms with Gasteiger partial charge in [0.1, 0.15) is 21.9 Å². The minimum Gasteiger partial charge on any atom is -0.462 e. The highest BCUT2D eigenvalue weighted by Gasteiger charge is 2.20. The average Bonchev–Trinajstić information content (AvgIpc) is 2.92. The Morgan fingerprint density at radius 1 is 1.48 bits per heavy atom. The van der Waals surface area contributed by atoms with Crippen LogP contribution in [0.4, 0.5) is 4.39 Å². The number of hydrogen-bond donors (Lipinski definition) is 0. The van der Waals surface area contributed by atoms with E-state index in [1.165, 1.54) is 24.7 Å². The number of ether oxygens (including phenoxy) is 1. The van der Waals surface area contributed by atoms with Crippen LogP contribution < -0.4 is 5.56 Å². The lowest BCUT2D eigenvalue weighted by atomic mass is 10.2. The zero-order chi connectivity index (χ0) is 18.0. The maximum Gasteiger partial charge on any atom is 0.348 e. The summed E-state index contributed by atoms with van der Waals surface area (Å²) < 4.78 is 19.2. The summed E-state index contributed by atoms with van der Waals surface area (Å²) in [7, 11) is 0. The lowest BCUT2D eigenvalue weighted by Crippen LogP contribution is -2.17. The Hall–Kier alpha value is -2.87. The number of carbonyl (C=O) groups excluding carboxylic acids is 1. The normalized spacial score (nSPS) is 11.3. The molecule has 0 spiro atoms. The van der Waals surface area contributed by atoms with Gasteiger partial charge in [0, 0.05) is 0 Å². The van der Waals surface area contributed by atoms with Crippen LogP contribution in [0.3, 0.4) is 0 Å². The lowest BCUT2D eigenvalue weighted by molar-refractivity contribution is 0.0531. The molecule has 0 fully saturated rings. The zero-order valence-electron chi connectivity index (χ0n) is 13.5. The van der Waals surface area contributed by atoms with E-state index in [9.17, 15) is 14.0 Å². The summed E-state index contributed by atoms with van der Waals surface area (Å²) in [4.78, 5) is 29.6. The van der Waals surface area contributed by atoms with E-state index in [2.05, 4.69) is 10.1 Å². The van der Waals surface area contributed by atoms with Crippen molar-refractivity contribution in [2.45, 2.75) is 13.8 Å². The van der Waals surface area contributed by atoms with E-state index in [-0.39, 0.29) is 6.61 Å². The molecule has 2 aromatic heterocycles. The van der Waals surface area contributed by atoms with Crippen LogP contribution >= 0.6 is 11.3 Å². The largest absolute Gasteiger partial charge is 0.462 e. The molecule has 0 aliphatic rings. The third-order valence-electron chi connectivity index (χ3n) is 3.48. The van der Waals surface area contributed by atoms with Crippen molar-refractivity contribution in [1.82, 2.24) is 9.66 Å². The number of halogens is 1. The standard InChI is InChI=1S/C17H14FN3O3S/c1-3-24-17(23)14-10(2)13-15(25-14)19-9-21(16(13)22)20-8-11-5-4-6-12(18)7-11/h4-9H,3H2,1-2H3. The van der Waals surface area contributed by atoms with Crippen molar-refractivity contribution in [2.24, 2.45) is 5.10 Å². The number of carbonyl (C=O) groups is 1. The van der Waals surface area contributed by atoms with Crippen molar-refractivity contribution < 1.29 is 13.9 Å². The summed E-state index contributed by atoms with van der Waals surface area (Å²) in [6, 6.07) is 5.84. The zero-order valence-corrected chi connectivity index (χ0v) is 14.3. The molecule has 128 valence electrons. The number of aryl methyl sites for hydroxylation is 1. The van der Waals surface area contributed by atoms with Crippen molar-refractivity contribution in [3.05, 3.63) is 62.8 Å². The van der Waals surface area contributed by atoms with Gasteiger partial charge in [-0.3, -0.25) is 4.79 Å². The number of thiophene rings is 1. The average molecular weight is 359 g/mol. The molecule has 2 heterocycles. The summed E-state index contributed by atoms with van der Waals surface area (Å²) in [6.07, 6.45) is 2.64. The van der Waals surface area contributed by atoms with E-state index in [1.54, 1.807) is 26.0 Å². The summed E-state index contributed by atoms with van der Waals surface area (Å²) in [5.41, 5.74) is 0.634. The van der Waals surface area contributed by atoms with E-state index in [1.807, 2.05) is 0 Å². The Labute approximate surface area is 146 Å². The quantitative estimate of drug-likeness (QED) is 0.530. The highest BCUT2D eigenvalue weighted by atomic mass is 32.1. The topological polar surface area (TPSA) is 73.5 Å². The molecule has 3 aromatic rings.